The van der Waals surface area contributed by atoms with Crippen LogP contribution in [0.5, 0.6) is 0 Å². The molecule has 0 fully saturated rings. The van der Waals surface area contributed by atoms with E-state index < -0.39 is 0 Å². The third-order valence-electron chi connectivity index (χ3n) is 5.14. The van der Waals surface area contributed by atoms with Crippen molar-refractivity contribution in [3.05, 3.63) is 42.2 Å². The van der Waals surface area contributed by atoms with Crippen LogP contribution in [0, 0.1) is 0 Å². The molecule has 0 saturated carbocycles. The van der Waals surface area contributed by atoms with Gasteiger partial charge in [-0.2, -0.15) is 0 Å². The summed E-state index contributed by atoms with van der Waals surface area (Å²) >= 11 is 0. The highest BCUT2D eigenvalue weighted by atomic mass is 16.6. The highest BCUT2D eigenvalue weighted by Crippen LogP contribution is 2.31. The number of nitrogens with zero attached hydrogens (tertiary/aromatic N) is 4. The van der Waals surface area contributed by atoms with Gasteiger partial charge in [-0.15, -0.1) is 0 Å². The van der Waals surface area contributed by atoms with Gasteiger partial charge in [0.15, 0.2) is 5.82 Å². The van der Waals surface area contributed by atoms with Gasteiger partial charge in [0.25, 0.3) is 0 Å². The Labute approximate surface area is 174 Å². The summed E-state index contributed by atoms with van der Waals surface area (Å²) in [5.41, 5.74) is 5.54. The second-order valence-electron chi connectivity index (χ2n) is 7.38. The van der Waals surface area contributed by atoms with Gasteiger partial charge in [0.2, 0.25) is 0 Å². The summed E-state index contributed by atoms with van der Waals surface area (Å²) in [5, 5.41) is 4.13. The summed E-state index contributed by atoms with van der Waals surface area (Å²) in [6.07, 6.45) is 2.38. The maximum Gasteiger partial charge on any atom is 0.409 e. The molecular formula is C22H26N6O2. The zero-order valence-corrected chi connectivity index (χ0v) is 17.7. The minimum Gasteiger partial charge on any atom is -0.445 e. The first-order valence-corrected chi connectivity index (χ1v) is 10.0. The second kappa shape index (κ2) is 8.06. The van der Waals surface area contributed by atoms with Gasteiger partial charge in [-0.1, -0.05) is 25.1 Å². The van der Waals surface area contributed by atoms with Crippen LogP contribution in [0.3, 0.4) is 0 Å². The van der Waals surface area contributed by atoms with Crippen LogP contribution >= 0.6 is 0 Å². The molecule has 0 spiro atoms. The van der Waals surface area contributed by atoms with Gasteiger partial charge in [0.05, 0.1) is 11.8 Å². The highest BCUT2D eigenvalue weighted by molar-refractivity contribution is 6.07. The van der Waals surface area contributed by atoms with Crippen LogP contribution in [0.4, 0.5) is 10.6 Å². The van der Waals surface area contributed by atoms with Crippen LogP contribution in [-0.4, -0.2) is 51.2 Å². The Kier molecular flexibility index (Phi) is 5.31. The molecule has 0 aliphatic rings. The molecule has 8 nitrogen and oxygen atoms in total. The Balaban J connectivity index is 1.64. The molecular weight excluding hydrogens is 380 g/mol. The van der Waals surface area contributed by atoms with Crippen molar-refractivity contribution in [2.45, 2.75) is 20.0 Å². The van der Waals surface area contributed by atoms with Gasteiger partial charge in [0, 0.05) is 38.8 Å². The van der Waals surface area contributed by atoms with E-state index >= 15 is 0 Å². The summed E-state index contributed by atoms with van der Waals surface area (Å²) in [4.78, 5) is 26.2. The van der Waals surface area contributed by atoms with E-state index in [-0.39, 0.29) is 12.7 Å². The fraction of sp³-hybridized carbons (Fsp3) is 0.318. The molecule has 1 amide bonds. The lowest BCUT2D eigenvalue weighted by molar-refractivity contribution is 0.105. The van der Waals surface area contributed by atoms with E-state index in [1.54, 1.807) is 18.3 Å². The zero-order chi connectivity index (χ0) is 21.3. The van der Waals surface area contributed by atoms with E-state index in [1.165, 1.54) is 0 Å². The molecule has 0 saturated heterocycles. The number of carbonyl (C=O) groups is 1. The molecule has 4 aromatic rings. The van der Waals surface area contributed by atoms with Gasteiger partial charge >= 0.3 is 6.09 Å². The van der Waals surface area contributed by atoms with Crippen molar-refractivity contribution >= 4 is 34.0 Å². The standard InChI is InChI=1S/C22H26N6O2/c1-5-9-27(3)22(29)30-12-14-7-6-8-15(10-14)17-11-16-19-18(24-13-28(19)4)21(23-2)26-20(16)25-17/h6-8,10-11,13H,5,9,12H2,1-4H3,(H2,23,25,26). The van der Waals surface area contributed by atoms with Crippen LogP contribution in [0.25, 0.3) is 33.3 Å². The molecule has 156 valence electrons. The molecule has 0 bridgehead atoms. The number of hydrogen-bond donors (Lipinski definition) is 2. The van der Waals surface area contributed by atoms with Gasteiger partial charge in [-0.25, -0.2) is 14.8 Å². The van der Waals surface area contributed by atoms with Crippen molar-refractivity contribution < 1.29 is 9.53 Å². The lowest BCUT2D eigenvalue weighted by atomic mass is 10.1. The Hall–Kier alpha value is -3.55. The van der Waals surface area contributed by atoms with Crippen molar-refractivity contribution in [2.24, 2.45) is 7.05 Å². The van der Waals surface area contributed by atoms with Crippen molar-refractivity contribution in [1.29, 1.82) is 0 Å². The van der Waals surface area contributed by atoms with E-state index in [0.29, 0.717) is 6.54 Å². The summed E-state index contributed by atoms with van der Waals surface area (Å²) in [5.74, 6) is 0.739. The SMILES string of the molecule is CCCN(C)C(=O)OCc1cccc(-c2cc3c(nc(NC)c4ncn(C)c43)[nH]2)c1. The molecule has 0 unspecified atom stereocenters. The number of hydrogen-bond acceptors (Lipinski definition) is 5. The Morgan fingerprint density at radius 1 is 1.33 bits per heavy atom. The fourth-order valence-electron chi connectivity index (χ4n) is 3.64. The fourth-order valence-corrected chi connectivity index (χ4v) is 3.64. The number of benzene rings is 1. The number of carbonyl (C=O) groups excluding carboxylic acids is 1. The number of pyridine rings is 1. The number of aromatic amines is 1. The van der Waals surface area contributed by atoms with Gasteiger partial charge in [0.1, 0.15) is 17.8 Å². The van der Waals surface area contributed by atoms with E-state index in [4.69, 9.17) is 4.74 Å². The van der Waals surface area contributed by atoms with Crippen molar-refractivity contribution in [3.8, 4) is 11.3 Å². The number of amides is 1. The maximum absolute atomic E-state index is 12.0. The summed E-state index contributed by atoms with van der Waals surface area (Å²) in [6.45, 7) is 2.94. The lowest BCUT2D eigenvalue weighted by Gasteiger charge is -2.16. The molecule has 8 heteroatoms. The Morgan fingerprint density at radius 3 is 2.93 bits per heavy atom. The third-order valence-corrected chi connectivity index (χ3v) is 5.14. The van der Waals surface area contributed by atoms with E-state index in [9.17, 15) is 4.79 Å². The molecule has 4 rings (SSSR count). The topological polar surface area (TPSA) is 88.1 Å². The first-order valence-electron chi connectivity index (χ1n) is 10.0. The monoisotopic (exact) mass is 406 g/mol. The Bertz CT molecular complexity index is 1210. The quantitative estimate of drug-likeness (QED) is 0.502. The van der Waals surface area contributed by atoms with Crippen molar-refractivity contribution in [2.75, 3.05) is 26.0 Å². The third kappa shape index (κ3) is 3.56. The smallest absolute Gasteiger partial charge is 0.409 e. The number of aromatic nitrogens is 4. The molecule has 3 heterocycles. The molecule has 30 heavy (non-hydrogen) atoms. The zero-order valence-electron chi connectivity index (χ0n) is 17.7. The number of rotatable bonds is 6. The number of anilines is 1. The van der Waals surface area contributed by atoms with E-state index in [2.05, 4.69) is 26.3 Å². The van der Waals surface area contributed by atoms with Gasteiger partial charge in [-0.05, 0) is 29.7 Å². The molecule has 1 aromatic carbocycles. The lowest BCUT2D eigenvalue weighted by Crippen LogP contribution is -2.27. The Morgan fingerprint density at radius 2 is 2.17 bits per heavy atom. The molecule has 2 N–H and O–H groups in total. The number of H-pyrrole nitrogens is 1. The number of aryl methyl sites for hydroxylation is 1. The number of ether oxygens (including phenoxy) is 1. The number of fused-ring (bicyclic) bond motifs is 3. The van der Waals surface area contributed by atoms with Crippen molar-refractivity contribution in [1.82, 2.24) is 24.4 Å². The minimum atomic E-state index is -0.310. The maximum atomic E-state index is 12.0. The minimum absolute atomic E-state index is 0.231. The molecule has 0 aliphatic carbocycles. The summed E-state index contributed by atoms with van der Waals surface area (Å²) < 4.78 is 7.43. The predicted molar refractivity (Wildman–Crippen MR) is 118 cm³/mol. The second-order valence-corrected chi connectivity index (χ2v) is 7.38. The average Bonchev–Trinajstić information content (AvgIpc) is 3.35. The summed E-state index contributed by atoms with van der Waals surface area (Å²) in [6, 6.07) is 10.1. The first kappa shape index (κ1) is 19.8. The van der Waals surface area contributed by atoms with Gasteiger partial charge in [-0.3, -0.25) is 0 Å². The largest absolute Gasteiger partial charge is 0.445 e. The van der Waals surface area contributed by atoms with E-state index in [0.717, 1.165) is 51.1 Å². The van der Waals surface area contributed by atoms with Crippen LogP contribution < -0.4 is 5.32 Å². The highest BCUT2D eigenvalue weighted by Gasteiger charge is 2.15. The molecule has 0 radical (unpaired) electrons. The van der Waals surface area contributed by atoms with Crippen LogP contribution in [0.15, 0.2) is 36.7 Å². The molecule has 0 atom stereocenters. The van der Waals surface area contributed by atoms with Crippen molar-refractivity contribution in [3.63, 3.8) is 0 Å². The molecule has 0 aliphatic heterocycles. The van der Waals surface area contributed by atoms with E-state index in [1.807, 2.05) is 49.9 Å². The number of imidazole rings is 1. The average molecular weight is 406 g/mol. The van der Waals surface area contributed by atoms with Crippen LogP contribution in [0.2, 0.25) is 0 Å². The first-order chi connectivity index (χ1) is 14.5. The van der Waals surface area contributed by atoms with Crippen LogP contribution in [0.1, 0.15) is 18.9 Å². The summed E-state index contributed by atoms with van der Waals surface area (Å²) in [7, 11) is 5.57. The predicted octanol–water partition coefficient (Wildman–Crippen LogP) is 4.14. The van der Waals surface area contributed by atoms with Gasteiger partial charge < -0.3 is 24.5 Å². The normalized spacial score (nSPS) is 11.2. The number of nitrogens with one attached hydrogen (secondary N) is 2. The van der Waals surface area contributed by atoms with Crippen LogP contribution in [-0.2, 0) is 18.4 Å². The molecule has 3 aromatic heterocycles.